The number of nitrogens with zero attached hydrogens (tertiary/aromatic N) is 1. The molecule has 0 radical (unpaired) electrons. The number of piperidine rings is 1. The molecule has 138 valence electrons. The number of amides is 2. The second-order valence-corrected chi connectivity index (χ2v) is 8.66. The van der Waals surface area contributed by atoms with Crippen LogP contribution in [0, 0.1) is 5.92 Å². The molecule has 1 atom stereocenters. The third kappa shape index (κ3) is 4.30. The summed E-state index contributed by atoms with van der Waals surface area (Å²) in [5, 5.41) is 0.155. The second-order valence-electron chi connectivity index (χ2n) is 5.98. The summed E-state index contributed by atoms with van der Waals surface area (Å²) >= 11 is 6.06. The highest BCUT2D eigenvalue weighted by Crippen LogP contribution is 2.27. The Kier molecular flexibility index (Phi) is 6.05. The molecule has 0 bridgehead atoms. The Balaban J connectivity index is 2.17. The van der Waals surface area contributed by atoms with Gasteiger partial charge in [0, 0.05) is 19.0 Å². The Morgan fingerprint density at radius 2 is 1.96 bits per heavy atom. The molecule has 1 fully saturated rings. The number of rotatable bonds is 5. The van der Waals surface area contributed by atoms with Gasteiger partial charge < -0.3 is 10.6 Å². The average molecular weight is 391 g/mol. The number of halogens is 2. The van der Waals surface area contributed by atoms with Gasteiger partial charge in [0.2, 0.25) is 0 Å². The number of carbonyl (C=O) groups excluding carboxylic acids is 2. The molecule has 6 nitrogen and oxygen atoms in total. The summed E-state index contributed by atoms with van der Waals surface area (Å²) in [7, 11) is -3.46. The van der Waals surface area contributed by atoms with Gasteiger partial charge >= 0.3 is 0 Å². The largest absolute Gasteiger partial charge is 0.367 e. The summed E-state index contributed by atoms with van der Waals surface area (Å²) in [5.41, 5.74) is 5.07. The number of alkyl halides is 1. The van der Waals surface area contributed by atoms with Crippen molar-refractivity contribution >= 4 is 33.3 Å². The van der Waals surface area contributed by atoms with Crippen LogP contribution in [0.25, 0.3) is 0 Å². The average Bonchev–Trinajstić information content (AvgIpc) is 2.60. The van der Waals surface area contributed by atoms with E-state index < -0.39 is 33.7 Å². The van der Waals surface area contributed by atoms with Crippen LogP contribution in [0.15, 0.2) is 23.1 Å². The van der Waals surface area contributed by atoms with E-state index >= 15 is 0 Å². The van der Waals surface area contributed by atoms with Crippen LogP contribution in [0.1, 0.15) is 30.1 Å². The smallest absolute Gasteiger partial charge is 0.255 e. The monoisotopic (exact) mass is 390 g/mol. The minimum Gasteiger partial charge on any atom is -0.367 e. The van der Waals surface area contributed by atoms with Crippen molar-refractivity contribution < 1.29 is 22.4 Å². The summed E-state index contributed by atoms with van der Waals surface area (Å²) in [4.78, 5) is 25.1. The zero-order valence-corrected chi connectivity index (χ0v) is 15.3. The van der Waals surface area contributed by atoms with E-state index in [-0.39, 0.29) is 34.3 Å². The van der Waals surface area contributed by atoms with Crippen molar-refractivity contribution in [1.29, 1.82) is 0 Å². The molecule has 1 heterocycles. The summed E-state index contributed by atoms with van der Waals surface area (Å²) in [6.45, 7) is 2.01. The Hall–Kier alpha value is -1.67. The first-order valence-electron chi connectivity index (χ1n) is 7.92. The molecule has 0 aliphatic carbocycles. The first kappa shape index (κ1) is 19.7. The quantitative estimate of drug-likeness (QED) is 0.828. The van der Waals surface area contributed by atoms with Gasteiger partial charge in [-0.25, -0.2) is 12.8 Å². The Morgan fingerprint density at radius 1 is 1.36 bits per heavy atom. The zero-order chi connectivity index (χ0) is 18.8. The Labute approximate surface area is 151 Å². The van der Waals surface area contributed by atoms with E-state index in [1.54, 1.807) is 0 Å². The van der Waals surface area contributed by atoms with Gasteiger partial charge in [0.15, 0.2) is 16.0 Å². The topological polar surface area (TPSA) is 97.5 Å². The highest BCUT2D eigenvalue weighted by atomic mass is 35.5. The normalized spacial score (nSPS) is 17.3. The van der Waals surface area contributed by atoms with Crippen LogP contribution >= 0.6 is 11.6 Å². The van der Waals surface area contributed by atoms with Crippen LogP contribution in [0.3, 0.4) is 0 Å². The molecule has 1 aliphatic rings. The van der Waals surface area contributed by atoms with Crippen LogP contribution in [0.5, 0.6) is 0 Å². The molecular formula is C16H20ClFN2O4S. The molecule has 1 aliphatic heterocycles. The molecule has 1 unspecified atom stereocenters. The molecule has 2 amide bonds. The van der Waals surface area contributed by atoms with Gasteiger partial charge in [-0.1, -0.05) is 18.5 Å². The maximum Gasteiger partial charge on any atom is 0.255 e. The molecule has 1 aromatic carbocycles. The number of benzene rings is 1. The molecule has 9 heteroatoms. The van der Waals surface area contributed by atoms with Gasteiger partial charge in [0.25, 0.3) is 11.8 Å². The van der Waals surface area contributed by atoms with Crippen molar-refractivity contribution in [3.05, 3.63) is 28.8 Å². The zero-order valence-electron chi connectivity index (χ0n) is 13.7. The Morgan fingerprint density at radius 3 is 2.48 bits per heavy atom. The molecule has 1 saturated heterocycles. The van der Waals surface area contributed by atoms with Gasteiger partial charge in [0.1, 0.15) is 0 Å². The van der Waals surface area contributed by atoms with Crippen LogP contribution in [0.4, 0.5) is 4.39 Å². The van der Waals surface area contributed by atoms with Crippen LogP contribution < -0.4 is 5.73 Å². The fraction of sp³-hybridized carbons (Fsp3) is 0.500. The van der Waals surface area contributed by atoms with Crippen molar-refractivity contribution in [1.82, 2.24) is 4.90 Å². The van der Waals surface area contributed by atoms with Gasteiger partial charge in [-0.15, -0.1) is 0 Å². The van der Waals surface area contributed by atoms with E-state index in [4.69, 9.17) is 17.3 Å². The first-order valence-corrected chi connectivity index (χ1v) is 9.95. The van der Waals surface area contributed by atoms with Crippen LogP contribution in [-0.4, -0.2) is 50.1 Å². The SMILES string of the molecule is CCS(=O)(=O)c1ccc(Cl)c(C(=O)N2CCC(C(F)C(N)=O)CC2)c1. The van der Waals surface area contributed by atoms with Crippen molar-refractivity contribution in [2.45, 2.75) is 30.8 Å². The van der Waals surface area contributed by atoms with E-state index in [0.717, 1.165) is 0 Å². The summed E-state index contributed by atoms with van der Waals surface area (Å²) in [6, 6.07) is 4.02. The van der Waals surface area contributed by atoms with Crippen molar-refractivity contribution in [3.63, 3.8) is 0 Å². The lowest BCUT2D eigenvalue weighted by Gasteiger charge is -2.33. The number of sulfone groups is 1. The van der Waals surface area contributed by atoms with E-state index in [9.17, 15) is 22.4 Å². The predicted octanol–water partition coefficient (Wildman–Crippen LogP) is 1.81. The molecule has 0 spiro atoms. The highest BCUT2D eigenvalue weighted by molar-refractivity contribution is 7.91. The molecule has 25 heavy (non-hydrogen) atoms. The maximum absolute atomic E-state index is 13.7. The van der Waals surface area contributed by atoms with Gasteiger partial charge in [-0.3, -0.25) is 9.59 Å². The van der Waals surface area contributed by atoms with Crippen LogP contribution in [0.2, 0.25) is 5.02 Å². The summed E-state index contributed by atoms with van der Waals surface area (Å²) in [5.74, 6) is -2.00. The fourth-order valence-corrected chi connectivity index (χ4v) is 3.93. The Bertz CT molecular complexity index is 776. The van der Waals surface area contributed by atoms with Crippen molar-refractivity contribution in [2.24, 2.45) is 11.7 Å². The lowest BCUT2D eigenvalue weighted by Crippen LogP contribution is -2.43. The molecule has 2 N–H and O–H groups in total. The summed E-state index contributed by atoms with van der Waals surface area (Å²) < 4.78 is 37.7. The van der Waals surface area contributed by atoms with Crippen molar-refractivity contribution in [3.8, 4) is 0 Å². The lowest BCUT2D eigenvalue weighted by atomic mass is 9.91. The first-order chi connectivity index (χ1) is 11.7. The molecule has 2 rings (SSSR count). The number of likely N-dealkylation sites (tertiary alicyclic amines) is 1. The van der Waals surface area contributed by atoms with Gasteiger partial charge in [-0.2, -0.15) is 0 Å². The third-order valence-corrected chi connectivity index (χ3v) is 6.48. The van der Waals surface area contributed by atoms with Crippen molar-refractivity contribution in [2.75, 3.05) is 18.8 Å². The minimum atomic E-state index is -3.46. The highest BCUT2D eigenvalue weighted by Gasteiger charge is 2.32. The van der Waals surface area contributed by atoms with Crippen LogP contribution in [-0.2, 0) is 14.6 Å². The van der Waals surface area contributed by atoms with E-state index in [2.05, 4.69) is 0 Å². The second kappa shape index (κ2) is 7.70. The predicted molar refractivity (Wildman–Crippen MR) is 91.9 cm³/mol. The summed E-state index contributed by atoms with van der Waals surface area (Å²) in [6.07, 6.45) is -1.11. The maximum atomic E-state index is 13.7. The van der Waals surface area contributed by atoms with E-state index in [0.29, 0.717) is 12.8 Å². The minimum absolute atomic E-state index is 0.0372. The number of hydrogen-bond donors (Lipinski definition) is 1. The number of primary amides is 1. The molecular weight excluding hydrogens is 371 g/mol. The number of carbonyl (C=O) groups is 2. The molecule has 1 aromatic rings. The standard InChI is InChI=1S/C16H20ClFN2O4S/c1-2-25(23,24)11-3-4-13(17)12(9-11)16(22)20-7-5-10(6-8-20)14(18)15(19)21/h3-4,9-10,14H,2,5-8H2,1H3,(H2,19,21). The molecule has 0 saturated carbocycles. The lowest BCUT2D eigenvalue weighted by molar-refractivity contribution is -0.125. The van der Waals surface area contributed by atoms with E-state index in [1.165, 1.54) is 30.0 Å². The van der Waals surface area contributed by atoms with Gasteiger partial charge in [0.05, 0.1) is 21.2 Å². The van der Waals surface area contributed by atoms with E-state index in [1.807, 2.05) is 0 Å². The fourth-order valence-electron chi connectivity index (χ4n) is 2.83. The van der Waals surface area contributed by atoms with Gasteiger partial charge in [-0.05, 0) is 31.0 Å². The number of nitrogens with two attached hydrogens (primary N) is 1. The molecule has 0 aromatic heterocycles. The number of hydrogen-bond acceptors (Lipinski definition) is 4. The third-order valence-electron chi connectivity index (χ3n) is 4.42.